The number of carbonyl (C=O) groups excluding carboxylic acids is 1. The van der Waals surface area contributed by atoms with Gasteiger partial charge in [-0.3, -0.25) is 4.79 Å². The van der Waals surface area contributed by atoms with Gasteiger partial charge in [-0.15, -0.1) is 11.3 Å². The second kappa shape index (κ2) is 6.41. The smallest absolute Gasteiger partial charge is 0.276 e. The Bertz CT molecular complexity index is 868. The average molecular weight is 336 g/mol. The van der Waals surface area contributed by atoms with Crippen LogP contribution in [0, 0.1) is 0 Å². The summed E-state index contributed by atoms with van der Waals surface area (Å²) in [6, 6.07) is 13.8. The van der Waals surface area contributed by atoms with Crippen LogP contribution in [0.4, 0.5) is 0 Å². The lowest BCUT2D eigenvalue weighted by Crippen LogP contribution is -2.35. The third-order valence-corrected chi connectivity index (χ3v) is 5.08. The highest BCUT2D eigenvalue weighted by atomic mass is 32.1. The predicted octanol–water partition coefficient (Wildman–Crippen LogP) is 3.46. The molecule has 0 saturated heterocycles. The molecule has 0 saturated carbocycles. The minimum Gasteiger partial charge on any atom is -0.333 e. The normalized spacial score (nSPS) is 14.5. The number of rotatable bonds is 3. The number of hydrogen-bond donors (Lipinski definition) is 1. The number of hydrogen-bond acceptors (Lipinski definition) is 4. The first-order valence-electron chi connectivity index (χ1n) is 7.81. The number of aromatic amines is 1. The summed E-state index contributed by atoms with van der Waals surface area (Å²) in [7, 11) is 0. The molecule has 2 aromatic heterocycles. The molecule has 1 aromatic carbocycles. The first-order chi connectivity index (χ1) is 11.8. The Labute approximate surface area is 143 Å². The van der Waals surface area contributed by atoms with E-state index in [4.69, 9.17) is 0 Å². The molecule has 1 aliphatic rings. The Morgan fingerprint density at radius 2 is 2.00 bits per heavy atom. The van der Waals surface area contributed by atoms with Crippen LogP contribution in [-0.4, -0.2) is 39.3 Å². The largest absolute Gasteiger partial charge is 0.333 e. The van der Waals surface area contributed by atoms with E-state index >= 15 is 0 Å². The number of aromatic nitrogens is 3. The molecule has 0 unspecified atom stereocenters. The summed E-state index contributed by atoms with van der Waals surface area (Å²) < 4.78 is 0. The lowest BCUT2D eigenvalue weighted by atomic mass is 10.1. The molecular weight excluding hydrogens is 320 g/mol. The molecule has 0 spiro atoms. The van der Waals surface area contributed by atoms with Crippen molar-refractivity contribution in [3.05, 3.63) is 64.5 Å². The zero-order valence-corrected chi connectivity index (χ0v) is 13.8. The highest BCUT2D eigenvalue weighted by Crippen LogP contribution is 2.27. The summed E-state index contributed by atoms with van der Waals surface area (Å²) in [5.41, 5.74) is 3.20. The van der Waals surface area contributed by atoms with E-state index in [9.17, 15) is 4.79 Å². The van der Waals surface area contributed by atoms with Gasteiger partial charge in [-0.05, 0) is 23.4 Å². The minimum atomic E-state index is -0.0796. The molecule has 1 N–H and O–H groups in total. The summed E-state index contributed by atoms with van der Waals surface area (Å²) in [6.45, 7) is 1.30. The Kier molecular flexibility index (Phi) is 3.96. The average Bonchev–Trinajstić information content (AvgIpc) is 3.34. The van der Waals surface area contributed by atoms with Crippen molar-refractivity contribution in [2.45, 2.75) is 6.42 Å². The van der Waals surface area contributed by atoms with E-state index in [-0.39, 0.29) is 5.91 Å². The van der Waals surface area contributed by atoms with E-state index in [1.54, 1.807) is 11.3 Å². The number of H-pyrrole nitrogens is 1. The molecule has 0 aliphatic carbocycles. The van der Waals surface area contributed by atoms with Gasteiger partial charge in [0, 0.05) is 23.5 Å². The van der Waals surface area contributed by atoms with Crippen LogP contribution >= 0.6 is 11.3 Å². The van der Waals surface area contributed by atoms with E-state index in [0.717, 1.165) is 12.0 Å². The van der Waals surface area contributed by atoms with E-state index in [1.807, 2.05) is 35.2 Å². The molecule has 0 radical (unpaired) electrons. The molecule has 4 rings (SSSR count). The molecular formula is C18H16N4OS. The van der Waals surface area contributed by atoms with Gasteiger partial charge in [0.2, 0.25) is 0 Å². The van der Waals surface area contributed by atoms with E-state index in [1.165, 1.54) is 10.5 Å². The Morgan fingerprint density at radius 1 is 1.12 bits per heavy atom. The Morgan fingerprint density at radius 3 is 2.71 bits per heavy atom. The summed E-state index contributed by atoms with van der Waals surface area (Å²) in [6.07, 6.45) is 3.00. The van der Waals surface area contributed by atoms with Crippen LogP contribution < -0.4 is 0 Å². The number of carbonyl (C=O) groups is 1. The fourth-order valence-corrected chi connectivity index (χ4v) is 3.66. The van der Waals surface area contributed by atoms with Crippen LogP contribution in [0.25, 0.3) is 16.8 Å². The summed E-state index contributed by atoms with van der Waals surface area (Å²) in [5, 5.41) is 12.9. The Balaban J connectivity index is 1.55. The number of benzene rings is 1. The molecule has 3 heterocycles. The van der Waals surface area contributed by atoms with Crippen LogP contribution in [0.2, 0.25) is 0 Å². The van der Waals surface area contributed by atoms with Crippen LogP contribution in [-0.2, 0) is 0 Å². The predicted molar refractivity (Wildman–Crippen MR) is 94.6 cm³/mol. The van der Waals surface area contributed by atoms with E-state index in [2.05, 4.69) is 39.0 Å². The van der Waals surface area contributed by atoms with Crippen LogP contribution in [0.3, 0.4) is 0 Å². The molecule has 5 nitrogen and oxygen atoms in total. The molecule has 6 heteroatoms. The van der Waals surface area contributed by atoms with Crippen LogP contribution in [0.15, 0.2) is 53.9 Å². The fourth-order valence-electron chi connectivity index (χ4n) is 2.87. The van der Waals surface area contributed by atoms with Crippen molar-refractivity contribution < 1.29 is 4.79 Å². The highest BCUT2D eigenvalue weighted by Gasteiger charge is 2.25. The standard InChI is InChI=1S/C18H16N4OS/c23-18(17-16(19-21-20-17)14-5-2-1-3-6-14)22-10-8-13(9-11-22)15-7-4-12-24-15/h1-8,12H,9-11H2,(H,19,20,21). The second-order valence-corrected chi connectivity index (χ2v) is 6.54. The molecule has 1 aliphatic heterocycles. The maximum atomic E-state index is 12.8. The lowest BCUT2D eigenvalue weighted by molar-refractivity contribution is 0.0768. The van der Waals surface area contributed by atoms with Crippen LogP contribution in [0.5, 0.6) is 0 Å². The van der Waals surface area contributed by atoms with Gasteiger partial charge >= 0.3 is 0 Å². The van der Waals surface area contributed by atoms with Gasteiger partial charge in [0.1, 0.15) is 5.69 Å². The highest BCUT2D eigenvalue weighted by molar-refractivity contribution is 7.11. The van der Waals surface area contributed by atoms with Gasteiger partial charge in [0.15, 0.2) is 5.69 Å². The van der Waals surface area contributed by atoms with Crippen LogP contribution in [0.1, 0.15) is 21.8 Å². The molecule has 3 aromatic rings. The summed E-state index contributed by atoms with van der Waals surface area (Å²) in [5.74, 6) is -0.0796. The summed E-state index contributed by atoms with van der Waals surface area (Å²) in [4.78, 5) is 15.9. The van der Waals surface area contributed by atoms with Gasteiger partial charge in [-0.1, -0.05) is 42.5 Å². The van der Waals surface area contributed by atoms with Gasteiger partial charge in [0.05, 0.1) is 0 Å². The monoisotopic (exact) mass is 336 g/mol. The molecule has 24 heavy (non-hydrogen) atoms. The van der Waals surface area contributed by atoms with Crippen molar-refractivity contribution in [1.82, 2.24) is 20.3 Å². The van der Waals surface area contributed by atoms with Gasteiger partial charge < -0.3 is 4.90 Å². The molecule has 0 bridgehead atoms. The van der Waals surface area contributed by atoms with Gasteiger partial charge in [0.25, 0.3) is 5.91 Å². The van der Waals surface area contributed by atoms with Crippen molar-refractivity contribution in [3.8, 4) is 11.3 Å². The van der Waals surface area contributed by atoms with Crippen molar-refractivity contribution in [2.24, 2.45) is 0 Å². The number of amides is 1. The molecule has 1 amide bonds. The maximum Gasteiger partial charge on any atom is 0.276 e. The maximum absolute atomic E-state index is 12.8. The van der Waals surface area contributed by atoms with Crippen molar-refractivity contribution in [2.75, 3.05) is 13.1 Å². The number of nitrogens with one attached hydrogen (secondary N) is 1. The van der Waals surface area contributed by atoms with E-state index in [0.29, 0.717) is 24.5 Å². The summed E-state index contributed by atoms with van der Waals surface area (Å²) >= 11 is 1.74. The number of thiophene rings is 1. The van der Waals surface area contributed by atoms with Crippen molar-refractivity contribution >= 4 is 22.8 Å². The fraction of sp³-hybridized carbons (Fsp3) is 0.167. The minimum absolute atomic E-state index is 0.0796. The first kappa shape index (κ1) is 14.8. The third kappa shape index (κ3) is 2.76. The molecule has 0 atom stereocenters. The lowest BCUT2D eigenvalue weighted by Gasteiger charge is -2.25. The first-order valence-corrected chi connectivity index (χ1v) is 8.69. The molecule has 120 valence electrons. The quantitative estimate of drug-likeness (QED) is 0.797. The third-order valence-electron chi connectivity index (χ3n) is 4.13. The topological polar surface area (TPSA) is 61.9 Å². The zero-order valence-electron chi connectivity index (χ0n) is 13.0. The van der Waals surface area contributed by atoms with Crippen molar-refractivity contribution in [1.29, 1.82) is 0 Å². The van der Waals surface area contributed by atoms with E-state index < -0.39 is 0 Å². The SMILES string of the molecule is O=C(c1n[nH]nc1-c1ccccc1)N1CC=C(c2cccs2)CC1. The van der Waals surface area contributed by atoms with Gasteiger partial charge in [-0.25, -0.2) is 0 Å². The zero-order chi connectivity index (χ0) is 16.4. The van der Waals surface area contributed by atoms with Crippen molar-refractivity contribution in [3.63, 3.8) is 0 Å². The second-order valence-electron chi connectivity index (χ2n) is 5.59. The molecule has 0 fully saturated rings. The Hall–Kier alpha value is -2.73. The number of nitrogens with zero attached hydrogens (tertiary/aromatic N) is 3. The van der Waals surface area contributed by atoms with Gasteiger partial charge in [-0.2, -0.15) is 15.4 Å².